The van der Waals surface area contributed by atoms with Gasteiger partial charge in [-0.3, -0.25) is 4.79 Å². The summed E-state index contributed by atoms with van der Waals surface area (Å²) >= 11 is 1.30. The maximum atomic E-state index is 12.7. The molecule has 0 saturated heterocycles. The summed E-state index contributed by atoms with van der Waals surface area (Å²) < 4.78 is 10.8. The van der Waals surface area contributed by atoms with Crippen LogP contribution in [0.3, 0.4) is 0 Å². The first-order chi connectivity index (χ1) is 14.9. The molecular formula is C25H27NO4S. The molecule has 1 heterocycles. The van der Waals surface area contributed by atoms with Crippen LogP contribution in [0.5, 0.6) is 5.75 Å². The zero-order valence-corrected chi connectivity index (χ0v) is 19.0. The largest absolute Gasteiger partial charge is 0.484 e. The van der Waals surface area contributed by atoms with Gasteiger partial charge in [-0.05, 0) is 43.0 Å². The molecule has 31 heavy (non-hydrogen) atoms. The molecule has 0 bridgehead atoms. The Kier molecular flexibility index (Phi) is 7.47. The number of carbonyl (C=O) groups excluding carboxylic acids is 2. The average molecular weight is 438 g/mol. The SMILES string of the molecule is CCOC(=O)c1c(-c2ccc(C(C)C)cc2)csc1NC(=O)COc1ccc(C)cc1. The van der Waals surface area contributed by atoms with Crippen LogP contribution in [-0.4, -0.2) is 25.1 Å². The van der Waals surface area contributed by atoms with Crippen molar-refractivity contribution in [3.05, 3.63) is 70.6 Å². The maximum Gasteiger partial charge on any atom is 0.341 e. The summed E-state index contributed by atoms with van der Waals surface area (Å²) in [7, 11) is 0. The lowest BCUT2D eigenvalue weighted by Crippen LogP contribution is -2.21. The number of hydrogen-bond donors (Lipinski definition) is 1. The number of nitrogens with one attached hydrogen (secondary N) is 1. The molecule has 0 spiro atoms. The Hall–Kier alpha value is -3.12. The highest BCUT2D eigenvalue weighted by Crippen LogP contribution is 2.36. The molecule has 162 valence electrons. The molecule has 0 atom stereocenters. The molecule has 3 aromatic rings. The van der Waals surface area contributed by atoms with Gasteiger partial charge in [0.25, 0.3) is 5.91 Å². The number of aryl methyl sites for hydroxylation is 1. The van der Waals surface area contributed by atoms with Gasteiger partial charge < -0.3 is 14.8 Å². The minimum atomic E-state index is -0.457. The molecule has 6 heteroatoms. The van der Waals surface area contributed by atoms with Gasteiger partial charge >= 0.3 is 5.97 Å². The normalized spacial score (nSPS) is 10.7. The predicted molar refractivity (Wildman–Crippen MR) is 125 cm³/mol. The molecule has 1 N–H and O–H groups in total. The third-order valence-corrected chi connectivity index (χ3v) is 5.70. The van der Waals surface area contributed by atoms with Gasteiger partial charge in [0, 0.05) is 10.9 Å². The molecule has 0 radical (unpaired) electrons. The van der Waals surface area contributed by atoms with E-state index in [1.165, 1.54) is 16.9 Å². The van der Waals surface area contributed by atoms with Gasteiger partial charge in [0.1, 0.15) is 16.3 Å². The fourth-order valence-corrected chi connectivity index (χ4v) is 4.04. The minimum Gasteiger partial charge on any atom is -0.484 e. The van der Waals surface area contributed by atoms with E-state index in [4.69, 9.17) is 9.47 Å². The number of benzene rings is 2. The highest BCUT2D eigenvalue weighted by Gasteiger charge is 2.23. The minimum absolute atomic E-state index is 0.151. The lowest BCUT2D eigenvalue weighted by molar-refractivity contribution is -0.118. The monoisotopic (exact) mass is 437 g/mol. The summed E-state index contributed by atoms with van der Waals surface area (Å²) in [5, 5.41) is 5.13. The van der Waals surface area contributed by atoms with E-state index in [-0.39, 0.29) is 19.1 Å². The first-order valence-corrected chi connectivity index (χ1v) is 11.1. The molecule has 2 aromatic carbocycles. The Morgan fingerprint density at radius 2 is 1.71 bits per heavy atom. The van der Waals surface area contributed by atoms with Crippen LogP contribution >= 0.6 is 11.3 Å². The second-order valence-electron chi connectivity index (χ2n) is 7.50. The fraction of sp³-hybridized carbons (Fsp3) is 0.280. The average Bonchev–Trinajstić information content (AvgIpc) is 3.17. The molecular weight excluding hydrogens is 410 g/mol. The van der Waals surface area contributed by atoms with Gasteiger partial charge in [0.2, 0.25) is 0 Å². The Balaban J connectivity index is 1.80. The Bertz CT molecular complexity index is 1040. The summed E-state index contributed by atoms with van der Waals surface area (Å²) in [5.41, 5.74) is 4.35. The summed E-state index contributed by atoms with van der Waals surface area (Å²) in [6.07, 6.45) is 0. The summed E-state index contributed by atoms with van der Waals surface area (Å²) in [4.78, 5) is 25.2. The highest BCUT2D eigenvalue weighted by atomic mass is 32.1. The summed E-state index contributed by atoms with van der Waals surface area (Å²) in [5.74, 6) is 0.240. The molecule has 0 aliphatic rings. The third-order valence-electron chi connectivity index (χ3n) is 4.80. The van der Waals surface area contributed by atoms with E-state index in [9.17, 15) is 9.59 Å². The second kappa shape index (κ2) is 10.3. The van der Waals surface area contributed by atoms with Crippen molar-refractivity contribution >= 4 is 28.2 Å². The molecule has 0 aliphatic heterocycles. The first kappa shape index (κ1) is 22.6. The lowest BCUT2D eigenvalue weighted by Gasteiger charge is -2.11. The van der Waals surface area contributed by atoms with E-state index >= 15 is 0 Å². The quantitative estimate of drug-likeness (QED) is 0.436. The number of anilines is 1. The molecule has 3 rings (SSSR count). The third kappa shape index (κ3) is 5.73. The van der Waals surface area contributed by atoms with Crippen LogP contribution in [0.4, 0.5) is 5.00 Å². The molecule has 0 fully saturated rings. The standard InChI is InChI=1S/C25H27NO4S/c1-5-29-25(28)23-21(19-10-8-18(9-11-19)16(2)3)15-31-24(23)26-22(27)14-30-20-12-6-17(4)7-13-20/h6-13,15-16H,5,14H2,1-4H3,(H,26,27). The number of carbonyl (C=O) groups is 2. The van der Waals surface area contributed by atoms with Crippen molar-refractivity contribution in [3.63, 3.8) is 0 Å². The number of amides is 1. The smallest absolute Gasteiger partial charge is 0.341 e. The van der Waals surface area contributed by atoms with Crippen molar-refractivity contribution in [3.8, 4) is 16.9 Å². The van der Waals surface area contributed by atoms with E-state index < -0.39 is 5.97 Å². The number of rotatable bonds is 8. The van der Waals surface area contributed by atoms with Crippen LogP contribution in [-0.2, 0) is 9.53 Å². The van der Waals surface area contributed by atoms with Crippen molar-refractivity contribution in [2.75, 3.05) is 18.5 Å². The zero-order valence-electron chi connectivity index (χ0n) is 18.2. The first-order valence-electron chi connectivity index (χ1n) is 10.3. The summed E-state index contributed by atoms with van der Waals surface area (Å²) in [6, 6.07) is 15.6. The number of ether oxygens (including phenoxy) is 2. The van der Waals surface area contributed by atoms with Gasteiger partial charge in [-0.25, -0.2) is 4.79 Å². The number of esters is 1. The number of thiophene rings is 1. The molecule has 5 nitrogen and oxygen atoms in total. The fourth-order valence-electron chi connectivity index (χ4n) is 3.06. The Morgan fingerprint density at radius 3 is 2.32 bits per heavy atom. The number of hydrogen-bond acceptors (Lipinski definition) is 5. The molecule has 0 saturated carbocycles. The molecule has 1 aromatic heterocycles. The Morgan fingerprint density at radius 1 is 1.03 bits per heavy atom. The van der Waals surface area contributed by atoms with Crippen molar-refractivity contribution < 1.29 is 19.1 Å². The van der Waals surface area contributed by atoms with E-state index in [2.05, 4.69) is 31.3 Å². The highest BCUT2D eigenvalue weighted by molar-refractivity contribution is 7.15. The molecule has 0 aliphatic carbocycles. The zero-order chi connectivity index (χ0) is 22.4. The maximum absolute atomic E-state index is 12.7. The van der Waals surface area contributed by atoms with Gasteiger partial charge in [-0.1, -0.05) is 55.8 Å². The Labute approximate surface area is 187 Å². The second-order valence-corrected chi connectivity index (χ2v) is 8.38. The van der Waals surface area contributed by atoms with Crippen LogP contribution in [0.15, 0.2) is 53.9 Å². The van der Waals surface area contributed by atoms with Crippen molar-refractivity contribution in [1.29, 1.82) is 0 Å². The van der Waals surface area contributed by atoms with Crippen LogP contribution in [0.25, 0.3) is 11.1 Å². The van der Waals surface area contributed by atoms with Crippen LogP contribution < -0.4 is 10.1 Å². The van der Waals surface area contributed by atoms with E-state index in [1.54, 1.807) is 6.92 Å². The lowest BCUT2D eigenvalue weighted by atomic mass is 9.98. The predicted octanol–water partition coefficient (Wildman–Crippen LogP) is 6.04. The van der Waals surface area contributed by atoms with Crippen molar-refractivity contribution in [2.45, 2.75) is 33.6 Å². The van der Waals surface area contributed by atoms with Crippen molar-refractivity contribution in [1.82, 2.24) is 0 Å². The van der Waals surface area contributed by atoms with E-state index in [0.29, 0.717) is 22.2 Å². The van der Waals surface area contributed by atoms with Gasteiger partial charge in [-0.15, -0.1) is 11.3 Å². The van der Waals surface area contributed by atoms with Crippen molar-refractivity contribution in [2.24, 2.45) is 0 Å². The van der Waals surface area contributed by atoms with E-state index in [0.717, 1.165) is 16.7 Å². The van der Waals surface area contributed by atoms with Gasteiger partial charge in [0.05, 0.1) is 6.61 Å². The van der Waals surface area contributed by atoms with Crippen LogP contribution in [0.1, 0.15) is 48.2 Å². The molecule has 0 unspecified atom stereocenters. The topological polar surface area (TPSA) is 64.6 Å². The van der Waals surface area contributed by atoms with Crippen LogP contribution in [0.2, 0.25) is 0 Å². The van der Waals surface area contributed by atoms with E-state index in [1.807, 2.05) is 48.7 Å². The molecule has 1 amide bonds. The van der Waals surface area contributed by atoms with Gasteiger partial charge in [0.15, 0.2) is 6.61 Å². The van der Waals surface area contributed by atoms with Crippen LogP contribution in [0, 0.1) is 6.92 Å². The summed E-state index contributed by atoms with van der Waals surface area (Å²) in [6.45, 7) is 8.12. The van der Waals surface area contributed by atoms with Gasteiger partial charge in [-0.2, -0.15) is 0 Å².